The number of imidazole rings is 1. The molecule has 0 saturated carbocycles. The molecule has 0 saturated heterocycles. The molecular formula is C18H30N6O5S2. The predicted molar refractivity (Wildman–Crippen MR) is 121 cm³/mol. The highest BCUT2D eigenvalue weighted by molar-refractivity contribution is 7.98. The van der Waals surface area contributed by atoms with Crippen molar-refractivity contribution in [3.05, 3.63) is 18.2 Å². The number of nitrogens with two attached hydrogens (primary N) is 1. The molecule has 0 fully saturated rings. The molecule has 0 aliphatic heterocycles. The molecule has 1 aromatic rings. The molecule has 0 radical (unpaired) electrons. The van der Waals surface area contributed by atoms with Crippen LogP contribution in [0.25, 0.3) is 0 Å². The number of nitrogens with one attached hydrogen (secondary N) is 4. The topological polar surface area (TPSA) is 179 Å². The lowest BCUT2D eigenvalue weighted by Crippen LogP contribution is -2.56. The summed E-state index contributed by atoms with van der Waals surface area (Å²) in [7, 11) is 0. The smallest absolute Gasteiger partial charge is 0.326 e. The van der Waals surface area contributed by atoms with E-state index in [0.717, 1.165) is 0 Å². The molecule has 3 amide bonds. The molecule has 0 spiro atoms. The number of nitrogens with zero attached hydrogens (tertiary/aromatic N) is 1. The van der Waals surface area contributed by atoms with Gasteiger partial charge in [-0.05, 0) is 36.9 Å². The molecular weight excluding hydrogens is 444 g/mol. The number of aliphatic carboxylic acids is 1. The van der Waals surface area contributed by atoms with E-state index in [2.05, 4.69) is 25.9 Å². The molecule has 13 heteroatoms. The maximum atomic E-state index is 12.8. The molecule has 1 rings (SSSR count). The Morgan fingerprint density at radius 1 is 1.03 bits per heavy atom. The average molecular weight is 475 g/mol. The number of rotatable bonds is 15. The van der Waals surface area contributed by atoms with E-state index >= 15 is 0 Å². The van der Waals surface area contributed by atoms with Gasteiger partial charge in [-0.3, -0.25) is 14.4 Å². The van der Waals surface area contributed by atoms with Gasteiger partial charge in [-0.15, -0.1) is 0 Å². The van der Waals surface area contributed by atoms with Crippen molar-refractivity contribution in [3.63, 3.8) is 0 Å². The molecule has 174 valence electrons. The Hall–Kier alpha value is -2.25. The first-order valence-electron chi connectivity index (χ1n) is 9.60. The Labute approximate surface area is 189 Å². The Bertz CT molecular complexity index is 718. The summed E-state index contributed by atoms with van der Waals surface area (Å²) in [6.45, 7) is -0.257. The zero-order valence-corrected chi connectivity index (χ0v) is 19.2. The minimum atomic E-state index is -1.20. The number of carboxylic acid groups (broad SMARTS) is 1. The van der Waals surface area contributed by atoms with Gasteiger partial charge in [0.05, 0.1) is 12.9 Å². The quantitative estimate of drug-likeness (QED) is 0.185. The van der Waals surface area contributed by atoms with E-state index in [1.807, 2.05) is 12.5 Å². The zero-order chi connectivity index (χ0) is 23.2. The van der Waals surface area contributed by atoms with Crippen LogP contribution in [0.2, 0.25) is 0 Å². The lowest BCUT2D eigenvalue weighted by atomic mass is 10.1. The van der Waals surface area contributed by atoms with Gasteiger partial charge in [0.25, 0.3) is 0 Å². The second-order valence-electron chi connectivity index (χ2n) is 6.63. The molecule has 0 aromatic carbocycles. The van der Waals surface area contributed by atoms with Gasteiger partial charge in [0.2, 0.25) is 17.7 Å². The van der Waals surface area contributed by atoms with Crippen molar-refractivity contribution in [1.29, 1.82) is 0 Å². The number of carboxylic acids is 1. The van der Waals surface area contributed by atoms with Crippen molar-refractivity contribution in [2.24, 2.45) is 5.73 Å². The summed E-state index contributed by atoms with van der Waals surface area (Å²) < 4.78 is 0. The molecule has 3 unspecified atom stereocenters. The summed E-state index contributed by atoms with van der Waals surface area (Å²) >= 11 is 3.01. The van der Waals surface area contributed by atoms with Crippen molar-refractivity contribution in [2.75, 3.05) is 30.6 Å². The number of amides is 3. The number of carbonyl (C=O) groups excluding carboxylic acids is 3. The van der Waals surface area contributed by atoms with Crippen molar-refractivity contribution in [1.82, 2.24) is 25.9 Å². The number of aromatic amines is 1. The minimum absolute atomic E-state index is 0.0210. The number of carbonyl (C=O) groups is 4. The monoisotopic (exact) mass is 474 g/mol. The van der Waals surface area contributed by atoms with E-state index in [-0.39, 0.29) is 13.0 Å². The number of H-pyrrole nitrogens is 1. The van der Waals surface area contributed by atoms with E-state index in [9.17, 15) is 24.3 Å². The first-order chi connectivity index (χ1) is 14.8. The lowest BCUT2D eigenvalue weighted by molar-refractivity contribution is -0.142. The highest BCUT2D eigenvalue weighted by Crippen LogP contribution is 2.06. The van der Waals surface area contributed by atoms with E-state index in [4.69, 9.17) is 5.73 Å². The number of hydrogen-bond acceptors (Lipinski definition) is 8. The number of hydrogen-bond donors (Lipinski definition) is 6. The molecule has 0 aliphatic rings. The van der Waals surface area contributed by atoms with Crippen molar-refractivity contribution in [2.45, 2.75) is 37.4 Å². The first kappa shape index (κ1) is 26.8. The van der Waals surface area contributed by atoms with Crippen LogP contribution in [0.15, 0.2) is 12.5 Å². The summed E-state index contributed by atoms with van der Waals surface area (Å²) in [5.41, 5.74) is 5.88. The van der Waals surface area contributed by atoms with Gasteiger partial charge in [0, 0.05) is 18.3 Å². The van der Waals surface area contributed by atoms with Crippen LogP contribution >= 0.6 is 23.5 Å². The summed E-state index contributed by atoms with van der Waals surface area (Å²) in [6.07, 6.45) is 7.32. The van der Waals surface area contributed by atoms with E-state index < -0.39 is 41.8 Å². The van der Waals surface area contributed by atoms with Crippen LogP contribution in [0.4, 0.5) is 0 Å². The van der Waals surface area contributed by atoms with E-state index in [0.29, 0.717) is 30.0 Å². The lowest BCUT2D eigenvalue weighted by Gasteiger charge is -2.24. The molecule has 0 aliphatic carbocycles. The van der Waals surface area contributed by atoms with Gasteiger partial charge in [-0.1, -0.05) is 0 Å². The van der Waals surface area contributed by atoms with Crippen LogP contribution in [-0.4, -0.2) is 87.5 Å². The molecule has 31 heavy (non-hydrogen) atoms. The summed E-state index contributed by atoms with van der Waals surface area (Å²) in [6, 6.07) is -2.98. The molecule has 3 atom stereocenters. The second-order valence-corrected chi connectivity index (χ2v) is 8.60. The van der Waals surface area contributed by atoms with Gasteiger partial charge in [0.1, 0.15) is 18.1 Å². The van der Waals surface area contributed by atoms with Crippen LogP contribution in [0, 0.1) is 0 Å². The van der Waals surface area contributed by atoms with Crippen LogP contribution in [0.5, 0.6) is 0 Å². The molecule has 1 heterocycles. The van der Waals surface area contributed by atoms with Gasteiger partial charge in [-0.25, -0.2) is 9.78 Å². The van der Waals surface area contributed by atoms with Gasteiger partial charge >= 0.3 is 5.97 Å². The highest BCUT2D eigenvalue weighted by atomic mass is 32.2. The fourth-order valence-electron chi connectivity index (χ4n) is 2.62. The van der Waals surface area contributed by atoms with Crippen LogP contribution in [0.1, 0.15) is 18.5 Å². The predicted octanol–water partition coefficient (Wildman–Crippen LogP) is -1.04. The van der Waals surface area contributed by atoms with E-state index in [1.54, 1.807) is 0 Å². The van der Waals surface area contributed by atoms with Crippen molar-refractivity contribution in [3.8, 4) is 0 Å². The molecule has 11 nitrogen and oxygen atoms in total. The van der Waals surface area contributed by atoms with Gasteiger partial charge in [-0.2, -0.15) is 23.5 Å². The fraction of sp³-hybridized carbons (Fsp3) is 0.611. The van der Waals surface area contributed by atoms with Crippen LogP contribution in [0.3, 0.4) is 0 Å². The Balaban J connectivity index is 2.87. The normalized spacial score (nSPS) is 13.6. The number of aromatic nitrogens is 2. The Kier molecular flexibility index (Phi) is 12.7. The first-order valence-corrected chi connectivity index (χ1v) is 12.4. The van der Waals surface area contributed by atoms with E-state index in [1.165, 1.54) is 36.0 Å². The largest absolute Gasteiger partial charge is 0.480 e. The summed E-state index contributed by atoms with van der Waals surface area (Å²) in [5, 5.41) is 17.2. The minimum Gasteiger partial charge on any atom is -0.480 e. The molecule has 0 bridgehead atoms. The van der Waals surface area contributed by atoms with Crippen molar-refractivity contribution >= 4 is 47.2 Å². The SMILES string of the molecule is CSCCC(NC(=O)CN)C(=O)NC(CCSC)C(=O)NC(Cc1cnc[nH]1)C(=O)O. The zero-order valence-electron chi connectivity index (χ0n) is 17.6. The van der Waals surface area contributed by atoms with Crippen LogP contribution in [-0.2, 0) is 25.6 Å². The Morgan fingerprint density at radius 3 is 2.03 bits per heavy atom. The molecule has 7 N–H and O–H groups in total. The van der Waals surface area contributed by atoms with Crippen LogP contribution < -0.4 is 21.7 Å². The summed E-state index contributed by atoms with van der Waals surface area (Å²) in [5.74, 6) is -1.61. The third kappa shape index (κ3) is 10.1. The standard InChI is InChI=1S/C18H30N6O5S2/c1-30-5-3-12(22-15(25)8-19)16(26)23-13(4-6-31-2)17(27)24-14(18(28)29)7-11-9-20-10-21-11/h9-10,12-14H,3-8,19H2,1-2H3,(H,20,21)(H,22,25)(H,23,26)(H,24,27)(H,28,29). The third-order valence-electron chi connectivity index (χ3n) is 4.28. The van der Waals surface area contributed by atoms with Gasteiger partial charge in [0.15, 0.2) is 0 Å². The second kappa shape index (κ2) is 14.7. The maximum Gasteiger partial charge on any atom is 0.326 e. The third-order valence-corrected chi connectivity index (χ3v) is 5.57. The van der Waals surface area contributed by atoms with Crippen molar-refractivity contribution < 1.29 is 24.3 Å². The maximum absolute atomic E-state index is 12.8. The number of thioether (sulfide) groups is 2. The Morgan fingerprint density at radius 2 is 1.58 bits per heavy atom. The fourth-order valence-corrected chi connectivity index (χ4v) is 3.57. The highest BCUT2D eigenvalue weighted by Gasteiger charge is 2.29. The van der Waals surface area contributed by atoms with Gasteiger partial charge < -0.3 is 31.8 Å². The molecule has 1 aromatic heterocycles. The summed E-state index contributed by atoms with van der Waals surface area (Å²) in [4.78, 5) is 55.5. The average Bonchev–Trinajstić information content (AvgIpc) is 3.26.